The quantitative estimate of drug-likeness (QED) is 0.555. The third-order valence-electron chi connectivity index (χ3n) is 1.79. The number of aryl methyl sites for hydroxylation is 2. The van der Waals surface area contributed by atoms with Gasteiger partial charge >= 0.3 is 0 Å². The molecule has 1 aromatic heterocycles. The van der Waals surface area contributed by atoms with E-state index in [1.807, 2.05) is 19.9 Å². The molecule has 0 aliphatic carbocycles. The van der Waals surface area contributed by atoms with Crippen LogP contribution in [-0.2, 0) is 0 Å². The maximum absolute atomic E-state index is 5.27. The van der Waals surface area contributed by atoms with Gasteiger partial charge in [0.05, 0.1) is 6.26 Å². The third kappa shape index (κ3) is 0.929. The van der Waals surface area contributed by atoms with Crippen LogP contribution in [0.1, 0.15) is 11.1 Å². The fourth-order valence-electron chi connectivity index (χ4n) is 1.36. The van der Waals surface area contributed by atoms with E-state index < -0.39 is 0 Å². The molecule has 0 saturated heterocycles. The van der Waals surface area contributed by atoms with E-state index in [1.54, 1.807) is 6.26 Å². The van der Waals surface area contributed by atoms with Crippen molar-refractivity contribution in [3.8, 4) is 0 Å². The molecule has 1 radical (unpaired) electrons. The molecule has 1 nitrogen and oxygen atoms in total. The summed E-state index contributed by atoms with van der Waals surface area (Å²) in [6.07, 6.45) is 1.71. The van der Waals surface area contributed by atoms with Gasteiger partial charge in [-0.1, -0.05) is 0 Å². The van der Waals surface area contributed by atoms with Gasteiger partial charge < -0.3 is 4.42 Å². The summed E-state index contributed by atoms with van der Waals surface area (Å²) in [5.74, 6) is 0. The van der Waals surface area contributed by atoms with Gasteiger partial charge in [0.15, 0.2) is 0 Å². The zero-order valence-electron chi connectivity index (χ0n) is 6.64. The lowest BCUT2D eigenvalue weighted by Crippen LogP contribution is -1.77. The zero-order valence-corrected chi connectivity index (χ0v) is 6.64. The predicted molar refractivity (Wildman–Crippen MR) is 44.5 cm³/mol. The monoisotopic (exact) mass is 145 g/mol. The van der Waals surface area contributed by atoms with Crippen LogP contribution < -0.4 is 0 Å². The summed E-state index contributed by atoms with van der Waals surface area (Å²) in [5.41, 5.74) is 3.21. The average molecular weight is 145 g/mol. The Labute approximate surface area is 65.6 Å². The van der Waals surface area contributed by atoms with E-state index in [-0.39, 0.29) is 0 Å². The van der Waals surface area contributed by atoms with Crippen LogP contribution in [0.2, 0.25) is 0 Å². The first-order valence-corrected chi connectivity index (χ1v) is 3.64. The molecule has 55 valence electrons. The number of hydrogen-bond acceptors (Lipinski definition) is 1. The van der Waals surface area contributed by atoms with Crippen LogP contribution >= 0.6 is 0 Å². The van der Waals surface area contributed by atoms with Crippen molar-refractivity contribution in [2.24, 2.45) is 0 Å². The van der Waals surface area contributed by atoms with Gasteiger partial charge in [0.25, 0.3) is 0 Å². The highest BCUT2D eigenvalue weighted by molar-refractivity contribution is 5.80. The SMILES string of the molecule is Cc1[c]c(C)c2occc2c1. The lowest BCUT2D eigenvalue weighted by molar-refractivity contribution is 0.613. The van der Waals surface area contributed by atoms with Crippen LogP contribution in [0.4, 0.5) is 0 Å². The van der Waals surface area contributed by atoms with Crippen molar-refractivity contribution in [1.82, 2.24) is 0 Å². The molecule has 1 heteroatoms. The predicted octanol–water partition coefficient (Wildman–Crippen LogP) is 2.85. The fraction of sp³-hybridized carbons (Fsp3) is 0.200. The second-order valence-corrected chi connectivity index (χ2v) is 2.78. The molecule has 1 aromatic carbocycles. The first-order valence-electron chi connectivity index (χ1n) is 3.64. The van der Waals surface area contributed by atoms with Crippen LogP contribution in [0.25, 0.3) is 11.0 Å². The second-order valence-electron chi connectivity index (χ2n) is 2.78. The maximum Gasteiger partial charge on any atom is 0.137 e. The van der Waals surface area contributed by atoms with Gasteiger partial charge in [0, 0.05) is 10.9 Å². The van der Waals surface area contributed by atoms with Crippen molar-refractivity contribution >= 4 is 11.0 Å². The summed E-state index contributed by atoms with van der Waals surface area (Å²) in [7, 11) is 0. The van der Waals surface area contributed by atoms with Crippen molar-refractivity contribution in [2.75, 3.05) is 0 Å². The van der Waals surface area contributed by atoms with Crippen LogP contribution in [0, 0.1) is 19.9 Å². The number of fused-ring (bicyclic) bond motifs is 1. The molecule has 0 atom stereocenters. The van der Waals surface area contributed by atoms with Crippen LogP contribution in [0.15, 0.2) is 22.8 Å². The molecule has 2 aromatic rings. The molecule has 0 aliphatic heterocycles. The van der Waals surface area contributed by atoms with E-state index in [0.717, 1.165) is 16.7 Å². The minimum atomic E-state index is 0.954. The normalized spacial score (nSPS) is 10.7. The highest BCUT2D eigenvalue weighted by atomic mass is 16.3. The summed E-state index contributed by atoms with van der Waals surface area (Å²) >= 11 is 0. The molecule has 0 unspecified atom stereocenters. The van der Waals surface area contributed by atoms with Gasteiger partial charge in [-0.15, -0.1) is 0 Å². The maximum atomic E-state index is 5.27. The lowest BCUT2D eigenvalue weighted by atomic mass is 10.1. The van der Waals surface area contributed by atoms with Crippen molar-refractivity contribution in [3.05, 3.63) is 35.6 Å². The summed E-state index contributed by atoms with van der Waals surface area (Å²) in [5, 5.41) is 1.17. The van der Waals surface area contributed by atoms with Crippen molar-refractivity contribution in [3.63, 3.8) is 0 Å². The molecule has 1 heterocycles. The largest absolute Gasteiger partial charge is 0.464 e. The van der Waals surface area contributed by atoms with Gasteiger partial charge in [0.2, 0.25) is 0 Å². The molecule has 0 saturated carbocycles. The Hall–Kier alpha value is -1.24. The molecule has 11 heavy (non-hydrogen) atoms. The van der Waals surface area contributed by atoms with Gasteiger partial charge in [-0.2, -0.15) is 0 Å². The fourth-order valence-corrected chi connectivity index (χ4v) is 1.36. The summed E-state index contributed by atoms with van der Waals surface area (Å²) in [4.78, 5) is 0. The van der Waals surface area contributed by atoms with E-state index in [4.69, 9.17) is 4.42 Å². The molecular formula is C10H9O. The van der Waals surface area contributed by atoms with Crippen LogP contribution in [-0.4, -0.2) is 0 Å². The second kappa shape index (κ2) is 2.12. The van der Waals surface area contributed by atoms with Crippen molar-refractivity contribution in [1.29, 1.82) is 0 Å². The van der Waals surface area contributed by atoms with Gasteiger partial charge in [-0.25, -0.2) is 0 Å². The van der Waals surface area contributed by atoms with Gasteiger partial charge in [0.1, 0.15) is 5.58 Å². The molecule has 0 amide bonds. The number of benzene rings is 1. The Kier molecular flexibility index (Phi) is 1.25. The number of hydrogen-bond donors (Lipinski definition) is 0. The molecule has 0 N–H and O–H groups in total. The number of furan rings is 1. The smallest absolute Gasteiger partial charge is 0.137 e. The molecule has 0 spiro atoms. The summed E-state index contributed by atoms with van der Waals surface area (Å²) < 4.78 is 5.27. The minimum Gasteiger partial charge on any atom is -0.464 e. The van der Waals surface area contributed by atoms with Crippen LogP contribution in [0.5, 0.6) is 0 Å². The van der Waals surface area contributed by atoms with E-state index in [9.17, 15) is 0 Å². The third-order valence-corrected chi connectivity index (χ3v) is 1.79. The molecule has 2 rings (SSSR count). The van der Waals surface area contributed by atoms with Crippen molar-refractivity contribution in [2.45, 2.75) is 13.8 Å². The highest BCUT2D eigenvalue weighted by Gasteiger charge is 2.00. The Bertz CT molecular complexity index is 385. The Balaban J connectivity index is 2.91. The van der Waals surface area contributed by atoms with E-state index in [1.165, 1.54) is 5.39 Å². The summed E-state index contributed by atoms with van der Waals surface area (Å²) in [6.45, 7) is 4.05. The Morgan fingerprint density at radius 3 is 3.00 bits per heavy atom. The lowest BCUT2D eigenvalue weighted by Gasteiger charge is -1.95. The molecule has 0 aliphatic rings. The number of rotatable bonds is 0. The van der Waals surface area contributed by atoms with Gasteiger partial charge in [-0.3, -0.25) is 0 Å². The topological polar surface area (TPSA) is 13.1 Å². The zero-order chi connectivity index (χ0) is 7.84. The van der Waals surface area contributed by atoms with Crippen LogP contribution in [0.3, 0.4) is 0 Å². The molecule has 0 fully saturated rings. The Morgan fingerprint density at radius 1 is 1.36 bits per heavy atom. The van der Waals surface area contributed by atoms with E-state index in [2.05, 4.69) is 12.1 Å². The van der Waals surface area contributed by atoms with E-state index in [0.29, 0.717) is 0 Å². The van der Waals surface area contributed by atoms with Gasteiger partial charge in [-0.05, 0) is 37.6 Å². The highest BCUT2D eigenvalue weighted by Crippen LogP contribution is 2.20. The molecule has 0 bridgehead atoms. The molecular weight excluding hydrogens is 136 g/mol. The first kappa shape index (κ1) is 6.47. The summed E-state index contributed by atoms with van der Waals surface area (Å²) in [6, 6.07) is 7.26. The average Bonchev–Trinajstić information content (AvgIpc) is 2.34. The first-order chi connectivity index (χ1) is 5.27. The van der Waals surface area contributed by atoms with Crippen molar-refractivity contribution < 1.29 is 4.42 Å². The van der Waals surface area contributed by atoms with E-state index >= 15 is 0 Å². The Morgan fingerprint density at radius 2 is 2.18 bits per heavy atom. The minimum absolute atomic E-state index is 0.954. The standard InChI is InChI=1S/C10H9O/c1-7-5-8(2)10-9(6-7)3-4-11-10/h3-4,6H,1-2H3.